The summed E-state index contributed by atoms with van der Waals surface area (Å²) >= 11 is 0. The molecule has 5 rings (SSSR count). The number of rotatable bonds is 11. The van der Waals surface area contributed by atoms with Crippen LogP contribution in [0.3, 0.4) is 0 Å². The summed E-state index contributed by atoms with van der Waals surface area (Å²) < 4.78 is 83.6. The van der Waals surface area contributed by atoms with E-state index in [-0.39, 0.29) is 30.7 Å². The highest BCUT2D eigenvalue weighted by molar-refractivity contribution is 5.82. The van der Waals surface area contributed by atoms with E-state index in [0.29, 0.717) is 42.5 Å². The molecule has 44 heavy (non-hydrogen) atoms. The molecular formula is C29H35F6N9. The molecule has 1 aliphatic rings. The van der Waals surface area contributed by atoms with Gasteiger partial charge in [0.05, 0.1) is 23.9 Å². The molecule has 0 aliphatic heterocycles. The number of hydrogen-bond acceptors (Lipinski definition) is 7. The van der Waals surface area contributed by atoms with E-state index in [1.165, 1.54) is 42.4 Å². The zero-order valence-corrected chi connectivity index (χ0v) is 24.8. The van der Waals surface area contributed by atoms with Gasteiger partial charge in [-0.05, 0) is 60.7 Å². The SMILES string of the molecule is CCc1nn(CC)c2nc(NCCC3CCCC3)c(CN(Cc3cc(C(F)(F)F)cc(C(F)(F)F)c3)c3nnn(C)n3)cc12. The van der Waals surface area contributed by atoms with Crippen LogP contribution in [0.1, 0.15) is 73.9 Å². The zero-order valence-electron chi connectivity index (χ0n) is 24.8. The summed E-state index contributed by atoms with van der Waals surface area (Å²) in [4.78, 5) is 7.62. The van der Waals surface area contributed by atoms with Crippen LogP contribution in [0.4, 0.5) is 38.1 Å². The van der Waals surface area contributed by atoms with Crippen molar-refractivity contribution in [2.24, 2.45) is 13.0 Å². The number of tetrazole rings is 1. The van der Waals surface area contributed by atoms with Crippen LogP contribution in [0.25, 0.3) is 11.0 Å². The first kappa shape index (κ1) is 31.5. The molecule has 0 amide bonds. The van der Waals surface area contributed by atoms with Crippen LogP contribution in [-0.4, -0.2) is 41.5 Å². The van der Waals surface area contributed by atoms with Gasteiger partial charge in [-0.25, -0.2) is 9.67 Å². The molecule has 0 saturated heterocycles. The summed E-state index contributed by atoms with van der Waals surface area (Å²) in [5.74, 6) is 1.25. The van der Waals surface area contributed by atoms with Gasteiger partial charge in [0.1, 0.15) is 5.82 Å². The predicted molar refractivity (Wildman–Crippen MR) is 153 cm³/mol. The number of nitrogens with zero attached hydrogens (tertiary/aromatic N) is 8. The van der Waals surface area contributed by atoms with Gasteiger partial charge in [-0.15, -0.1) is 5.10 Å². The minimum Gasteiger partial charge on any atom is -0.370 e. The van der Waals surface area contributed by atoms with Gasteiger partial charge in [0.25, 0.3) is 5.95 Å². The summed E-state index contributed by atoms with van der Waals surface area (Å²) in [7, 11) is 1.52. The standard InChI is InChI=1S/C29H35F6N9/c1-4-24-23-14-20(25(37-26(23)44(5-2)39-24)36-11-10-18-8-6-7-9-18)17-43(27-38-41-42(3)40-27)16-19-12-21(28(30,31)32)15-22(13-19)29(33,34)35/h12-15,18H,4-11,16-17H2,1-3H3,(H,36,37). The molecule has 0 unspecified atom stereocenters. The summed E-state index contributed by atoms with van der Waals surface area (Å²) in [6, 6.07) is 3.51. The first-order valence-electron chi connectivity index (χ1n) is 14.8. The highest BCUT2D eigenvalue weighted by Gasteiger charge is 2.37. The highest BCUT2D eigenvalue weighted by Crippen LogP contribution is 2.37. The molecule has 1 N–H and O–H groups in total. The van der Waals surface area contributed by atoms with Crippen molar-refractivity contribution in [2.45, 2.75) is 84.4 Å². The fraction of sp³-hybridized carbons (Fsp3) is 0.552. The van der Waals surface area contributed by atoms with Gasteiger partial charge >= 0.3 is 12.4 Å². The lowest BCUT2D eigenvalue weighted by molar-refractivity contribution is -0.143. The zero-order chi connectivity index (χ0) is 31.6. The number of anilines is 2. The summed E-state index contributed by atoms with van der Waals surface area (Å²) in [6.45, 7) is 4.93. The second-order valence-corrected chi connectivity index (χ2v) is 11.2. The molecule has 15 heteroatoms. The third kappa shape index (κ3) is 7.07. The molecule has 0 spiro atoms. The van der Waals surface area contributed by atoms with Crippen LogP contribution >= 0.6 is 0 Å². The predicted octanol–water partition coefficient (Wildman–Crippen LogP) is 6.77. The summed E-state index contributed by atoms with van der Waals surface area (Å²) in [6.07, 6.45) is -3.49. The van der Waals surface area contributed by atoms with Crippen LogP contribution in [0, 0.1) is 5.92 Å². The lowest BCUT2D eigenvalue weighted by atomic mass is 10.0. The van der Waals surface area contributed by atoms with Crippen LogP contribution < -0.4 is 10.2 Å². The van der Waals surface area contributed by atoms with E-state index in [2.05, 4.69) is 25.8 Å². The van der Waals surface area contributed by atoms with Crippen molar-refractivity contribution in [3.05, 3.63) is 52.2 Å². The fourth-order valence-corrected chi connectivity index (χ4v) is 5.78. The molecule has 0 bridgehead atoms. The average Bonchev–Trinajstić information content (AvgIpc) is 3.72. The Kier molecular flexibility index (Phi) is 9.02. The van der Waals surface area contributed by atoms with Gasteiger partial charge < -0.3 is 10.2 Å². The van der Waals surface area contributed by atoms with Crippen molar-refractivity contribution >= 4 is 22.8 Å². The number of alkyl halides is 6. The topological polar surface area (TPSA) is 89.6 Å². The lowest BCUT2D eigenvalue weighted by Gasteiger charge is -2.24. The molecule has 4 aromatic rings. The lowest BCUT2D eigenvalue weighted by Crippen LogP contribution is -2.25. The Morgan fingerprint density at radius 3 is 2.18 bits per heavy atom. The quantitative estimate of drug-likeness (QED) is 0.184. The molecule has 1 saturated carbocycles. The molecule has 3 heterocycles. The normalized spacial score (nSPS) is 14.6. The van der Waals surface area contributed by atoms with E-state index < -0.39 is 23.5 Å². The van der Waals surface area contributed by atoms with Gasteiger partial charge in [-0.3, -0.25) is 0 Å². The molecule has 1 aromatic carbocycles. The molecule has 238 valence electrons. The number of benzene rings is 1. The largest absolute Gasteiger partial charge is 0.416 e. The average molecular weight is 624 g/mol. The molecule has 0 radical (unpaired) electrons. The van der Waals surface area contributed by atoms with E-state index in [0.717, 1.165) is 29.6 Å². The maximum Gasteiger partial charge on any atom is 0.416 e. The molecule has 3 aromatic heterocycles. The molecule has 0 atom stereocenters. The van der Waals surface area contributed by atoms with Gasteiger partial charge in [-0.2, -0.15) is 36.2 Å². The van der Waals surface area contributed by atoms with E-state index in [1.54, 1.807) is 0 Å². The summed E-state index contributed by atoms with van der Waals surface area (Å²) in [5.41, 5.74) is -0.738. The first-order chi connectivity index (χ1) is 20.9. The number of hydrogen-bond donors (Lipinski definition) is 1. The minimum absolute atomic E-state index is 0.0401. The second kappa shape index (κ2) is 12.6. The Morgan fingerprint density at radius 1 is 0.932 bits per heavy atom. The molecule has 9 nitrogen and oxygen atoms in total. The number of nitrogens with one attached hydrogen (secondary N) is 1. The first-order valence-corrected chi connectivity index (χ1v) is 14.8. The van der Waals surface area contributed by atoms with Crippen LogP contribution in [0.5, 0.6) is 0 Å². The monoisotopic (exact) mass is 623 g/mol. The van der Waals surface area contributed by atoms with E-state index >= 15 is 0 Å². The number of fused-ring (bicyclic) bond motifs is 1. The smallest absolute Gasteiger partial charge is 0.370 e. The third-order valence-corrected chi connectivity index (χ3v) is 8.00. The number of aryl methyl sites for hydroxylation is 3. The van der Waals surface area contributed by atoms with Crippen molar-refractivity contribution in [3.63, 3.8) is 0 Å². The van der Waals surface area contributed by atoms with Crippen molar-refractivity contribution in [1.82, 2.24) is 35.0 Å². The second-order valence-electron chi connectivity index (χ2n) is 11.2. The van der Waals surface area contributed by atoms with Crippen LogP contribution in [-0.2, 0) is 45.5 Å². The van der Waals surface area contributed by atoms with E-state index in [1.807, 2.05) is 24.6 Å². The van der Waals surface area contributed by atoms with Crippen molar-refractivity contribution in [1.29, 1.82) is 0 Å². The van der Waals surface area contributed by atoms with E-state index in [4.69, 9.17) is 4.98 Å². The maximum atomic E-state index is 13.6. The number of aromatic nitrogens is 7. The molecular weight excluding hydrogens is 588 g/mol. The Labute approximate surface area is 250 Å². The van der Waals surface area contributed by atoms with Crippen LogP contribution in [0.15, 0.2) is 24.3 Å². The van der Waals surface area contributed by atoms with Crippen LogP contribution in [0.2, 0.25) is 0 Å². The minimum atomic E-state index is -4.97. The molecule has 1 fully saturated rings. The van der Waals surface area contributed by atoms with Gasteiger partial charge in [0.15, 0.2) is 5.65 Å². The maximum absolute atomic E-state index is 13.6. The van der Waals surface area contributed by atoms with Crippen molar-refractivity contribution < 1.29 is 26.3 Å². The Hall–Kier alpha value is -3.91. The van der Waals surface area contributed by atoms with Crippen molar-refractivity contribution in [2.75, 3.05) is 16.8 Å². The van der Waals surface area contributed by atoms with Crippen molar-refractivity contribution in [3.8, 4) is 0 Å². The Balaban J connectivity index is 1.55. The number of halogens is 6. The third-order valence-electron chi connectivity index (χ3n) is 8.00. The molecule has 1 aliphatic carbocycles. The Bertz CT molecular complexity index is 1550. The Morgan fingerprint density at radius 2 is 1.61 bits per heavy atom. The summed E-state index contributed by atoms with van der Waals surface area (Å²) in [5, 5.41) is 21.1. The van der Waals surface area contributed by atoms with E-state index in [9.17, 15) is 26.3 Å². The fourth-order valence-electron chi connectivity index (χ4n) is 5.78. The van der Waals surface area contributed by atoms with Gasteiger partial charge in [0, 0.05) is 37.1 Å². The number of pyridine rings is 1. The highest BCUT2D eigenvalue weighted by atomic mass is 19.4. The van der Waals surface area contributed by atoms with Gasteiger partial charge in [-0.1, -0.05) is 37.7 Å². The van der Waals surface area contributed by atoms with Gasteiger partial charge in [0.2, 0.25) is 0 Å².